The second-order valence-electron chi connectivity index (χ2n) is 5.18. The predicted octanol–water partition coefficient (Wildman–Crippen LogP) is 2.56. The summed E-state index contributed by atoms with van der Waals surface area (Å²) in [5.41, 5.74) is 0.710. The summed E-state index contributed by atoms with van der Waals surface area (Å²) >= 11 is 0. The molecule has 0 atom stereocenters. The van der Waals surface area contributed by atoms with Crippen LogP contribution in [0.4, 0.5) is 0 Å². The van der Waals surface area contributed by atoms with Gasteiger partial charge in [0.15, 0.2) is 0 Å². The van der Waals surface area contributed by atoms with E-state index in [1.54, 1.807) is 25.1 Å². The summed E-state index contributed by atoms with van der Waals surface area (Å²) in [7, 11) is 3.36. The van der Waals surface area contributed by atoms with E-state index in [0.717, 1.165) is 12.2 Å². The van der Waals surface area contributed by atoms with Gasteiger partial charge in [-0.05, 0) is 24.6 Å². The van der Waals surface area contributed by atoms with Crippen LogP contribution < -0.4 is 9.47 Å². The average Bonchev–Trinajstić information content (AvgIpc) is 2.59. The fourth-order valence-electron chi connectivity index (χ4n) is 2.09. The Morgan fingerprint density at radius 1 is 1.13 bits per heavy atom. The molecule has 23 heavy (non-hydrogen) atoms. The number of carbonyl (C=O) groups excluding carboxylic acids is 1. The van der Waals surface area contributed by atoms with Gasteiger partial charge in [-0.2, -0.15) is 0 Å². The van der Waals surface area contributed by atoms with Gasteiger partial charge in [-0.25, -0.2) is 4.98 Å². The molecule has 0 aliphatic rings. The molecular weight excluding hydrogens is 292 g/mol. The van der Waals surface area contributed by atoms with E-state index in [4.69, 9.17) is 9.47 Å². The van der Waals surface area contributed by atoms with Crippen molar-refractivity contribution < 1.29 is 14.3 Å². The Morgan fingerprint density at radius 2 is 1.91 bits per heavy atom. The van der Waals surface area contributed by atoms with E-state index >= 15 is 0 Å². The minimum absolute atomic E-state index is 0.0328. The lowest BCUT2D eigenvalue weighted by atomic mass is 10.2. The van der Waals surface area contributed by atoms with Crippen LogP contribution in [0.25, 0.3) is 0 Å². The molecule has 1 amide bonds. The highest BCUT2D eigenvalue weighted by molar-refractivity contribution is 5.78. The molecule has 0 aliphatic carbocycles. The zero-order valence-corrected chi connectivity index (χ0v) is 13.6. The fraction of sp³-hybridized carbons (Fsp3) is 0.333. The summed E-state index contributed by atoms with van der Waals surface area (Å²) in [6.07, 6.45) is 1.05. The van der Waals surface area contributed by atoms with Crippen LogP contribution in [-0.2, 0) is 11.2 Å². The zero-order valence-electron chi connectivity index (χ0n) is 13.6. The van der Waals surface area contributed by atoms with E-state index in [9.17, 15) is 4.79 Å². The van der Waals surface area contributed by atoms with Gasteiger partial charge < -0.3 is 14.4 Å². The van der Waals surface area contributed by atoms with Crippen molar-refractivity contribution in [2.24, 2.45) is 0 Å². The highest BCUT2D eigenvalue weighted by atomic mass is 16.5. The number of methoxy groups -OCH3 is 1. The third-order valence-corrected chi connectivity index (χ3v) is 3.40. The molecule has 0 aliphatic heterocycles. The minimum atomic E-state index is 0.0328. The summed E-state index contributed by atoms with van der Waals surface area (Å²) in [6, 6.07) is 15.1. The second-order valence-corrected chi connectivity index (χ2v) is 5.18. The first-order valence-corrected chi connectivity index (χ1v) is 7.61. The number of nitrogens with zero attached hydrogens (tertiary/aromatic N) is 2. The Hall–Kier alpha value is -2.56. The molecule has 1 heterocycles. The molecule has 2 aromatic rings. The summed E-state index contributed by atoms with van der Waals surface area (Å²) in [4.78, 5) is 18.1. The lowest BCUT2D eigenvalue weighted by molar-refractivity contribution is -0.129. The molecule has 5 nitrogen and oxygen atoms in total. The van der Waals surface area contributed by atoms with E-state index in [1.807, 2.05) is 42.5 Å². The molecule has 0 bridgehead atoms. The van der Waals surface area contributed by atoms with Gasteiger partial charge in [0.1, 0.15) is 5.75 Å². The van der Waals surface area contributed by atoms with Crippen LogP contribution >= 0.6 is 0 Å². The molecule has 0 spiro atoms. The van der Waals surface area contributed by atoms with E-state index in [0.29, 0.717) is 24.7 Å². The molecule has 0 unspecified atom stereocenters. The maximum atomic E-state index is 12.2. The van der Waals surface area contributed by atoms with E-state index in [1.165, 1.54) is 0 Å². The molecule has 1 aromatic heterocycles. The number of para-hydroxylation sites is 1. The number of likely N-dealkylation sites (N-methyl/N-ethyl adjacent to an activating group) is 1. The van der Waals surface area contributed by atoms with Gasteiger partial charge in [0, 0.05) is 19.7 Å². The highest BCUT2D eigenvalue weighted by Gasteiger charge is 2.11. The third-order valence-electron chi connectivity index (χ3n) is 3.40. The maximum absolute atomic E-state index is 12.2. The molecule has 5 heteroatoms. The predicted molar refractivity (Wildman–Crippen MR) is 88.7 cm³/mol. The zero-order chi connectivity index (χ0) is 16.5. The van der Waals surface area contributed by atoms with Crippen LogP contribution in [0.5, 0.6) is 11.6 Å². The largest absolute Gasteiger partial charge is 0.494 e. The number of pyridine rings is 1. The summed E-state index contributed by atoms with van der Waals surface area (Å²) in [5, 5.41) is 0. The smallest absolute Gasteiger partial charge is 0.228 e. The normalized spacial score (nSPS) is 10.2. The number of aromatic nitrogens is 1. The molecule has 0 radical (unpaired) electrons. The van der Waals surface area contributed by atoms with Crippen molar-refractivity contribution in [1.29, 1.82) is 0 Å². The quantitative estimate of drug-likeness (QED) is 0.703. The first-order chi connectivity index (χ1) is 11.2. The first-order valence-electron chi connectivity index (χ1n) is 7.61. The van der Waals surface area contributed by atoms with Crippen molar-refractivity contribution in [3.63, 3.8) is 0 Å². The third kappa shape index (κ3) is 5.62. The van der Waals surface area contributed by atoms with Gasteiger partial charge in [0.25, 0.3) is 0 Å². The van der Waals surface area contributed by atoms with Crippen LogP contribution in [0.3, 0.4) is 0 Å². The maximum Gasteiger partial charge on any atom is 0.228 e. The summed E-state index contributed by atoms with van der Waals surface area (Å²) in [6.45, 7) is 1.23. The Bertz CT molecular complexity index is 617. The SMILES string of the molecule is COc1cccc(CC(=O)N(C)CCCOc2ccccc2)n1. The molecule has 0 fully saturated rings. The van der Waals surface area contributed by atoms with Crippen LogP contribution in [0.1, 0.15) is 12.1 Å². The van der Waals surface area contributed by atoms with Crippen LogP contribution in [-0.4, -0.2) is 43.1 Å². The van der Waals surface area contributed by atoms with Gasteiger partial charge in [0.2, 0.25) is 11.8 Å². The molecule has 0 saturated heterocycles. The van der Waals surface area contributed by atoms with Gasteiger partial charge >= 0.3 is 0 Å². The molecule has 1 aromatic carbocycles. The van der Waals surface area contributed by atoms with Crippen molar-refractivity contribution in [2.45, 2.75) is 12.8 Å². The average molecular weight is 314 g/mol. The lowest BCUT2D eigenvalue weighted by Crippen LogP contribution is -2.30. The molecule has 0 saturated carbocycles. The van der Waals surface area contributed by atoms with Crippen molar-refractivity contribution >= 4 is 5.91 Å². The Morgan fingerprint density at radius 3 is 2.65 bits per heavy atom. The molecular formula is C18H22N2O3. The number of hydrogen-bond donors (Lipinski definition) is 0. The molecule has 2 rings (SSSR count). The number of carbonyl (C=O) groups is 1. The van der Waals surface area contributed by atoms with Crippen molar-refractivity contribution in [2.75, 3.05) is 27.3 Å². The van der Waals surface area contributed by atoms with E-state index < -0.39 is 0 Å². The number of hydrogen-bond acceptors (Lipinski definition) is 4. The Kier molecular flexibility index (Phi) is 6.41. The summed E-state index contributed by atoms with van der Waals surface area (Å²) < 4.78 is 10.7. The monoisotopic (exact) mass is 314 g/mol. The molecule has 122 valence electrons. The Labute approximate surface area is 136 Å². The van der Waals surface area contributed by atoms with Crippen LogP contribution in [0.15, 0.2) is 48.5 Å². The number of amides is 1. The van der Waals surface area contributed by atoms with Crippen molar-refractivity contribution in [1.82, 2.24) is 9.88 Å². The topological polar surface area (TPSA) is 51.7 Å². The standard InChI is InChI=1S/C18H22N2O3/c1-20(12-7-13-23-16-9-4-3-5-10-16)18(21)14-15-8-6-11-17(19-15)22-2/h3-6,8-11H,7,12-14H2,1-2H3. The summed E-state index contributed by atoms with van der Waals surface area (Å²) in [5.74, 6) is 1.40. The minimum Gasteiger partial charge on any atom is -0.494 e. The van der Waals surface area contributed by atoms with Gasteiger partial charge in [-0.3, -0.25) is 4.79 Å². The first kappa shape index (κ1) is 16.8. The van der Waals surface area contributed by atoms with Gasteiger partial charge in [-0.1, -0.05) is 24.3 Å². The number of benzene rings is 1. The number of ether oxygens (including phenoxy) is 2. The van der Waals surface area contributed by atoms with E-state index in [-0.39, 0.29) is 12.3 Å². The van der Waals surface area contributed by atoms with Crippen molar-refractivity contribution in [3.8, 4) is 11.6 Å². The van der Waals surface area contributed by atoms with Crippen LogP contribution in [0.2, 0.25) is 0 Å². The Balaban J connectivity index is 1.72. The fourth-order valence-corrected chi connectivity index (χ4v) is 2.09. The second kappa shape index (κ2) is 8.78. The number of rotatable bonds is 8. The molecule has 0 N–H and O–H groups in total. The lowest BCUT2D eigenvalue weighted by Gasteiger charge is -2.17. The highest BCUT2D eigenvalue weighted by Crippen LogP contribution is 2.09. The van der Waals surface area contributed by atoms with Gasteiger partial charge in [0.05, 0.1) is 25.8 Å². The van der Waals surface area contributed by atoms with Crippen molar-refractivity contribution in [3.05, 3.63) is 54.2 Å². The van der Waals surface area contributed by atoms with E-state index in [2.05, 4.69) is 4.98 Å². The van der Waals surface area contributed by atoms with Crippen LogP contribution in [0, 0.1) is 0 Å². The van der Waals surface area contributed by atoms with Gasteiger partial charge in [-0.15, -0.1) is 0 Å².